The Morgan fingerprint density at radius 2 is 1.91 bits per heavy atom. The number of nitrogens with one attached hydrogen (secondary N) is 1. The first-order valence-electron chi connectivity index (χ1n) is 7.33. The molecule has 3 rings (SSSR count). The summed E-state index contributed by atoms with van der Waals surface area (Å²) >= 11 is 0. The molecule has 1 heterocycles. The maximum Gasteiger partial charge on any atom is 0.416 e. The Labute approximate surface area is 133 Å². The number of hydrogen-bond acceptors (Lipinski definition) is 2. The molecule has 0 bridgehead atoms. The first kappa shape index (κ1) is 15.9. The van der Waals surface area contributed by atoms with Crippen LogP contribution in [0.5, 0.6) is 0 Å². The third-order valence-corrected chi connectivity index (χ3v) is 4.23. The van der Waals surface area contributed by atoms with Gasteiger partial charge in [0.05, 0.1) is 18.8 Å². The molecule has 0 aliphatic carbocycles. The van der Waals surface area contributed by atoms with E-state index in [1.807, 2.05) is 26.0 Å². The second-order valence-electron chi connectivity index (χ2n) is 5.97. The second kappa shape index (κ2) is 5.57. The van der Waals surface area contributed by atoms with Crippen molar-refractivity contribution in [2.45, 2.75) is 25.6 Å². The Kier molecular flexibility index (Phi) is 3.84. The Balaban J connectivity index is 1.93. The molecule has 1 fully saturated rings. The number of rotatable bonds is 3. The largest absolute Gasteiger partial charge is 0.416 e. The van der Waals surface area contributed by atoms with E-state index >= 15 is 0 Å². The first-order valence-corrected chi connectivity index (χ1v) is 7.33. The van der Waals surface area contributed by atoms with Crippen LogP contribution in [-0.2, 0) is 16.5 Å². The predicted molar refractivity (Wildman–Crippen MR) is 82.3 cm³/mol. The average molecular weight is 320 g/mol. The minimum Gasteiger partial charge on any atom is -0.376 e. The second-order valence-corrected chi connectivity index (χ2v) is 5.97. The quantitative estimate of drug-likeness (QED) is 0.901. The van der Waals surface area contributed by atoms with Gasteiger partial charge in [-0.25, -0.2) is 0 Å². The van der Waals surface area contributed by atoms with Gasteiger partial charge < -0.3 is 10.1 Å². The van der Waals surface area contributed by atoms with Gasteiger partial charge in [0.25, 0.3) is 0 Å². The van der Waals surface area contributed by atoms with Crippen LogP contribution < -0.4 is 5.32 Å². The molecule has 0 atom stereocenters. The van der Waals surface area contributed by atoms with Crippen molar-refractivity contribution in [3.05, 3.63) is 64.7 Å². The molecule has 0 saturated carbocycles. The summed E-state index contributed by atoms with van der Waals surface area (Å²) in [6, 6.07) is 12.3. The molecule has 2 nitrogen and oxygen atoms in total. The molecule has 1 aliphatic rings. The monoisotopic (exact) mass is 320 g/mol. The normalized spacial score (nSPS) is 16.7. The van der Waals surface area contributed by atoms with Gasteiger partial charge in [0, 0.05) is 5.69 Å². The molecule has 2 aromatic carbocycles. The third kappa shape index (κ3) is 3.06. The summed E-state index contributed by atoms with van der Waals surface area (Å²) in [6.07, 6.45) is -4.35. The van der Waals surface area contributed by atoms with E-state index in [9.17, 15) is 13.2 Å². The van der Waals surface area contributed by atoms with E-state index in [4.69, 9.17) is 4.74 Å². The molecule has 121 valence electrons. The number of aryl methyl sites for hydroxylation is 2. The minimum absolute atomic E-state index is 0.335. The number of halogens is 3. The number of ether oxygens (including phenoxy) is 1. The molecule has 1 saturated heterocycles. The zero-order chi connectivity index (χ0) is 16.7. The third-order valence-electron chi connectivity index (χ3n) is 4.23. The van der Waals surface area contributed by atoms with Crippen LogP contribution in [-0.4, -0.2) is 13.2 Å². The number of hydrogen-bond donors (Lipinski definition) is 1. The zero-order valence-electron chi connectivity index (χ0n) is 12.9. The van der Waals surface area contributed by atoms with Gasteiger partial charge in [-0.05, 0) is 60.9 Å². The van der Waals surface area contributed by atoms with Gasteiger partial charge in [-0.15, -0.1) is 0 Å². The van der Waals surface area contributed by atoms with Crippen LogP contribution in [0.4, 0.5) is 18.9 Å². The molecule has 5 heteroatoms. The van der Waals surface area contributed by atoms with Gasteiger partial charge in [-0.1, -0.05) is 12.1 Å². The van der Waals surface area contributed by atoms with Crippen LogP contribution >= 0.6 is 0 Å². The topological polar surface area (TPSA) is 21.3 Å². The Morgan fingerprint density at radius 3 is 2.48 bits per heavy atom. The standard InChI is InChI=1S/C18H17F3NO/c1-12-6-7-16(8-13(12)2)22-17(10-23-11-17)14-4-3-5-15(9-14)18(19,20)21/h3-5,7-9,22H,10-11H2,1-2H3. The lowest BCUT2D eigenvalue weighted by molar-refractivity contribution is -0.137. The summed E-state index contributed by atoms with van der Waals surface area (Å²) in [4.78, 5) is 0. The van der Waals surface area contributed by atoms with E-state index in [1.165, 1.54) is 12.1 Å². The Hall–Kier alpha value is -2.01. The van der Waals surface area contributed by atoms with Crippen LogP contribution in [0.25, 0.3) is 0 Å². The lowest BCUT2D eigenvalue weighted by Crippen LogP contribution is -2.53. The van der Waals surface area contributed by atoms with Crippen molar-refractivity contribution in [2.75, 3.05) is 18.5 Å². The molecule has 1 aliphatic heterocycles. The highest BCUT2D eigenvalue weighted by Crippen LogP contribution is 2.37. The maximum atomic E-state index is 12.9. The SMILES string of the molecule is Cc1[c]cc(NC2(c3cccc(C(F)(F)F)c3)COC2)cc1C. The molecular weight excluding hydrogens is 303 g/mol. The van der Waals surface area contributed by atoms with E-state index in [0.717, 1.165) is 22.9 Å². The van der Waals surface area contributed by atoms with Gasteiger partial charge in [-0.3, -0.25) is 0 Å². The number of benzene rings is 2. The molecule has 0 amide bonds. The van der Waals surface area contributed by atoms with Crippen LogP contribution in [0.2, 0.25) is 0 Å². The van der Waals surface area contributed by atoms with Crippen molar-refractivity contribution in [1.29, 1.82) is 0 Å². The summed E-state index contributed by atoms with van der Waals surface area (Å²) < 4.78 is 44.1. The minimum atomic E-state index is -4.35. The molecule has 1 radical (unpaired) electrons. The molecule has 1 N–H and O–H groups in total. The van der Waals surface area contributed by atoms with Gasteiger partial charge >= 0.3 is 6.18 Å². The van der Waals surface area contributed by atoms with Crippen molar-refractivity contribution in [3.63, 3.8) is 0 Å². The lowest BCUT2D eigenvalue weighted by atomic mass is 9.86. The van der Waals surface area contributed by atoms with Crippen molar-refractivity contribution in [1.82, 2.24) is 0 Å². The lowest BCUT2D eigenvalue weighted by Gasteiger charge is -2.43. The van der Waals surface area contributed by atoms with Gasteiger partial charge in [0.1, 0.15) is 5.54 Å². The summed E-state index contributed by atoms with van der Waals surface area (Å²) in [5.74, 6) is 0. The van der Waals surface area contributed by atoms with E-state index in [0.29, 0.717) is 18.8 Å². The van der Waals surface area contributed by atoms with E-state index in [-0.39, 0.29) is 0 Å². The fourth-order valence-corrected chi connectivity index (χ4v) is 2.64. The average Bonchev–Trinajstić information content (AvgIpc) is 2.46. The Bertz CT molecular complexity index is 720. The number of anilines is 1. The van der Waals surface area contributed by atoms with E-state index < -0.39 is 17.3 Å². The fourth-order valence-electron chi connectivity index (χ4n) is 2.64. The van der Waals surface area contributed by atoms with E-state index in [1.54, 1.807) is 6.07 Å². The van der Waals surface area contributed by atoms with Crippen molar-refractivity contribution >= 4 is 5.69 Å². The van der Waals surface area contributed by atoms with Crippen LogP contribution in [0.15, 0.2) is 36.4 Å². The predicted octanol–water partition coefficient (Wildman–Crippen LogP) is 4.46. The smallest absolute Gasteiger partial charge is 0.376 e. The summed E-state index contributed by atoms with van der Waals surface area (Å²) in [5.41, 5.74) is 2.26. The molecule has 2 aromatic rings. The first-order chi connectivity index (χ1) is 10.8. The van der Waals surface area contributed by atoms with Crippen LogP contribution in [0.3, 0.4) is 0 Å². The highest BCUT2D eigenvalue weighted by atomic mass is 19.4. The van der Waals surface area contributed by atoms with Gasteiger partial charge in [-0.2, -0.15) is 13.2 Å². The van der Waals surface area contributed by atoms with Crippen molar-refractivity contribution in [3.8, 4) is 0 Å². The van der Waals surface area contributed by atoms with Crippen LogP contribution in [0, 0.1) is 19.9 Å². The molecule has 0 unspecified atom stereocenters. The molecule has 23 heavy (non-hydrogen) atoms. The van der Waals surface area contributed by atoms with Crippen molar-refractivity contribution in [2.24, 2.45) is 0 Å². The Morgan fingerprint density at radius 1 is 1.17 bits per heavy atom. The van der Waals surface area contributed by atoms with Gasteiger partial charge in [0.15, 0.2) is 0 Å². The van der Waals surface area contributed by atoms with Crippen molar-refractivity contribution < 1.29 is 17.9 Å². The molecular formula is C18H17F3NO. The highest BCUT2D eigenvalue weighted by Gasteiger charge is 2.42. The maximum absolute atomic E-state index is 12.9. The van der Waals surface area contributed by atoms with E-state index in [2.05, 4.69) is 11.4 Å². The zero-order valence-corrected chi connectivity index (χ0v) is 12.9. The van der Waals surface area contributed by atoms with Crippen LogP contribution in [0.1, 0.15) is 22.3 Å². The summed E-state index contributed by atoms with van der Waals surface area (Å²) in [7, 11) is 0. The fraction of sp³-hybridized carbons (Fsp3) is 0.333. The molecule has 0 aromatic heterocycles. The summed E-state index contributed by atoms with van der Waals surface area (Å²) in [6.45, 7) is 4.61. The number of alkyl halides is 3. The van der Waals surface area contributed by atoms with Gasteiger partial charge in [0.2, 0.25) is 0 Å². The summed E-state index contributed by atoms with van der Waals surface area (Å²) in [5, 5.41) is 3.33. The highest BCUT2D eigenvalue weighted by molar-refractivity contribution is 5.52. The molecule has 0 spiro atoms.